The van der Waals surface area contributed by atoms with Crippen LogP contribution in [0.5, 0.6) is 0 Å². The summed E-state index contributed by atoms with van der Waals surface area (Å²) in [6.45, 7) is 2.52. The molecule has 5 nitrogen and oxygen atoms in total. The SMILES string of the molecule is NCc1cc(N2CCCC2)nc(N)n1. The first-order chi connectivity index (χ1) is 6.79. The van der Waals surface area contributed by atoms with E-state index in [9.17, 15) is 0 Å². The second kappa shape index (κ2) is 3.79. The summed E-state index contributed by atoms with van der Waals surface area (Å²) in [5.41, 5.74) is 11.9. The molecule has 2 heterocycles. The van der Waals surface area contributed by atoms with E-state index in [0.717, 1.165) is 24.6 Å². The van der Waals surface area contributed by atoms with Gasteiger partial charge in [0.25, 0.3) is 0 Å². The van der Waals surface area contributed by atoms with Crippen LogP contribution in [0, 0.1) is 0 Å². The van der Waals surface area contributed by atoms with Crippen LogP contribution in [-0.2, 0) is 6.54 Å². The van der Waals surface area contributed by atoms with Crippen LogP contribution in [0.3, 0.4) is 0 Å². The fraction of sp³-hybridized carbons (Fsp3) is 0.556. The number of aromatic nitrogens is 2. The summed E-state index contributed by atoms with van der Waals surface area (Å²) in [7, 11) is 0. The van der Waals surface area contributed by atoms with E-state index in [-0.39, 0.29) is 0 Å². The van der Waals surface area contributed by atoms with Gasteiger partial charge in [0.2, 0.25) is 5.95 Å². The molecule has 5 heteroatoms. The van der Waals surface area contributed by atoms with Crippen LogP contribution in [0.15, 0.2) is 6.07 Å². The Morgan fingerprint density at radius 3 is 2.64 bits per heavy atom. The maximum atomic E-state index is 5.60. The van der Waals surface area contributed by atoms with Crippen LogP contribution >= 0.6 is 0 Å². The van der Waals surface area contributed by atoms with Gasteiger partial charge in [-0.3, -0.25) is 0 Å². The van der Waals surface area contributed by atoms with Gasteiger partial charge in [-0.1, -0.05) is 0 Å². The Kier molecular flexibility index (Phi) is 2.49. The predicted molar refractivity (Wildman–Crippen MR) is 55.8 cm³/mol. The monoisotopic (exact) mass is 193 g/mol. The van der Waals surface area contributed by atoms with Crippen LogP contribution in [-0.4, -0.2) is 23.1 Å². The molecule has 1 aromatic rings. The molecule has 0 atom stereocenters. The van der Waals surface area contributed by atoms with Gasteiger partial charge in [0.1, 0.15) is 5.82 Å². The number of nitrogens with zero attached hydrogens (tertiary/aromatic N) is 3. The van der Waals surface area contributed by atoms with E-state index >= 15 is 0 Å². The average molecular weight is 193 g/mol. The molecule has 0 spiro atoms. The molecule has 14 heavy (non-hydrogen) atoms. The fourth-order valence-corrected chi connectivity index (χ4v) is 1.72. The van der Waals surface area contributed by atoms with Crippen molar-refractivity contribution in [2.45, 2.75) is 19.4 Å². The smallest absolute Gasteiger partial charge is 0.222 e. The molecule has 1 saturated heterocycles. The van der Waals surface area contributed by atoms with Gasteiger partial charge >= 0.3 is 0 Å². The first-order valence-electron chi connectivity index (χ1n) is 4.88. The Balaban J connectivity index is 2.27. The molecule has 0 amide bonds. The molecular weight excluding hydrogens is 178 g/mol. The first-order valence-corrected chi connectivity index (χ1v) is 4.88. The number of nitrogen functional groups attached to an aromatic ring is 1. The number of nitrogens with two attached hydrogens (primary N) is 2. The van der Waals surface area contributed by atoms with Crippen LogP contribution in [0.4, 0.5) is 11.8 Å². The van der Waals surface area contributed by atoms with Gasteiger partial charge in [0, 0.05) is 25.7 Å². The van der Waals surface area contributed by atoms with E-state index in [1.807, 2.05) is 6.07 Å². The maximum absolute atomic E-state index is 5.60. The maximum Gasteiger partial charge on any atom is 0.222 e. The van der Waals surface area contributed by atoms with Crippen LogP contribution in [0.2, 0.25) is 0 Å². The number of anilines is 2. The average Bonchev–Trinajstić information content (AvgIpc) is 2.69. The van der Waals surface area contributed by atoms with Gasteiger partial charge in [-0.15, -0.1) is 0 Å². The summed E-state index contributed by atoms with van der Waals surface area (Å²) in [5.74, 6) is 1.23. The van der Waals surface area contributed by atoms with Gasteiger partial charge in [-0.25, -0.2) is 4.98 Å². The van der Waals surface area contributed by atoms with Crippen molar-refractivity contribution in [3.63, 3.8) is 0 Å². The Bertz CT molecular complexity index is 319. The lowest BCUT2D eigenvalue weighted by molar-refractivity contribution is 0.905. The Morgan fingerprint density at radius 2 is 2.00 bits per heavy atom. The van der Waals surface area contributed by atoms with Crippen molar-refractivity contribution >= 4 is 11.8 Å². The lowest BCUT2D eigenvalue weighted by atomic mass is 10.3. The summed E-state index contributed by atoms with van der Waals surface area (Å²) >= 11 is 0. The second-order valence-electron chi connectivity index (χ2n) is 3.47. The number of hydrogen-bond donors (Lipinski definition) is 2. The van der Waals surface area contributed by atoms with E-state index in [4.69, 9.17) is 11.5 Å². The fourth-order valence-electron chi connectivity index (χ4n) is 1.72. The summed E-state index contributed by atoms with van der Waals surface area (Å²) in [6, 6.07) is 1.92. The highest BCUT2D eigenvalue weighted by atomic mass is 15.2. The quantitative estimate of drug-likeness (QED) is 0.697. The molecular formula is C9H15N5. The lowest BCUT2D eigenvalue weighted by Crippen LogP contribution is -2.20. The van der Waals surface area contributed by atoms with Gasteiger partial charge in [0.15, 0.2) is 0 Å². The second-order valence-corrected chi connectivity index (χ2v) is 3.47. The first kappa shape index (κ1) is 9.21. The standard InChI is InChI=1S/C9H15N5/c10-6-7-5-8(13-9(11)12-7)14-3-1-2-4-14/h5H,1-4,6,10H2,(H2,11,12,13). The molecule has 0 radical (unpaired) electrons. The van der Waals surface area contributed by atoms with Crippen LogP contribution in [0.25, 0.3) is 0 Å². The van der Waals surface area contributed by atoms with E-state index in [2.05, 4.69) is 14.9 Å². The third-order valence-electron chi connectivity index (χ3n) is 2.42. The van der Waals surface area contributed by atoms with Crippen LogP contribution < -0.4 is 16.4 Å². The van der Waals surface area contributed by atoms with Crippen molar-refractivity contribution in [3.8, 4) is 0 Å². The minimum absolute atomic E-state index is 0.315. The topological polar surface area (TPSA) is 81.1 Å². The molecule has 0 aliphatic carbocycles. The van der Waals surface area contributed by atoms with Crippen molar-refractivity contribution in [2.24, 2.45) is 5.73 Å². The summed E-state index contributed by atoms with van der Waals surface area (Å²) < 4.78 is 0. The molecule has 1 fully saturated rings. The predicted octanol–water partition coefficient (Wildman–Crippen LogP) is 0.118. The lowest BCUT2D eigenvalue weighted by Gasteiger charge is -2.16. The van der Waals surface area contributed by atoms with Crippen molar-refractivity contribution in [1.82, 2.24) is 9.97 Å². The van der Waals surface area contributed by atoms with Crippen molar-refractivity contribution in [2.75, 3.05) is 23.7 Å². The number of hydrogen-bond acceptors (Lipinski definition) is 5. The van der Waals surface area contributed by atoms with Gasteiger partial charge in [-0.2, -0.15) is 4.98 Å². The molecule has 2 rings (SSSR count). The van der Waals surface area contributed by atoms with Gasteiger partial charge in [0.05, 0.1) is 5.69 Å². The Labute approximate surface area is 83.1 Å². The van der Waals surface area contributed by atoms with E-state index in [0.29, 0.717) is 12.5 Å². The summed E-state index contributed by atoms with van der Waals surface area (Å²) in [5, 5.41) is 0. The third kappa shape index (κ3) is 1.77. The summed E-state index contributed by atoms with van der Waals surface area (Å²) in [4.78, 5) is 10.5. The largest absolute Gasteiger partial charge is 0.368 e. The van der Waals surface area contributed by atoms with Crippen molar-refractivity contribution in [3.05, 3.63) is 11.8 Å². The molecule has 1 aromatic heterocycles. The van der Waals surface area contributed by atoms with Crippen molar-refractivity contribution < 1.29 is 0 Å². The van der Waals surface area contributed by atoms with Crippen molar-refractivity contribution in [1.29, 1.82) is 0 Å². The zero-order valence-corrected chi connectivity index (χ0v) is 8.11. The van der Waals surface area contributed by atoms with Crippen LogP contribution in [0.1, 0.15) is 18.5 Å². The zero-order valence-electron chi connectivity index (χ0n) is 8.11. The molecule has 0 bridgehead atoms. The highest BCUT2D eigenvalue weighted by Gasteiger charge is 2.14. The molecule has 0 unspecified atom stereocenters. The number of rotatable bonds is 2. The van der Waals surface area contributed by atoms with E-state index in [1.54, 1.807) is 0 Å². The minimum Gasteiger partial charge on any atom is -0.368 e. The zero-order chi connectivity index (χ0) is 9.97. The van der Waals surface area contributed by atoms with Gasteiger partial charge in [-0.05, 0) is 12.8 Å². The molecule has 0 aromatic carbocycles. The molecule has 1 aliphatic heterocycles. The molecule has 76 valence electrons. The van der Waals surface area contributed by atoms with E-state index < -0.39 is 0 Å². The molecule has 0 saturated carbocycles. The Hall–Kier alpha value is -1.36. The van der Waals surface area contributed by atoms with Gasteiger partial charge < -0.3 is 16.4 Å². The normalized spacial score (nSPS) is 16.2. The molecule has 1 aliphatic rings. The van der Waals surface area contributed by atoms with E-state index in [1.165, 1.54) is 12.8 Å². The highest BCUT2D eigenvalue weighted by Crippen LogP contribution is 2.18. The minimum atomic E-state index is 0.315. The highest BCUT2D eigenvalue weighted by molar-refractivity contribution is 5.44. The Morgan fingerprint density at radius 1 is 1.29 bits per heavy atom. The third-order valence-corrected chi connectivity index (χ3v) is 2.42. The summed E-state index contributed by atoms with van der Waals surface area (Å²) in [6.07, 6.45) is 2.45. The molecule has 4 N–H and O–H groups in total.